The summed E-state index contributed by atoms with van der Waals surface area (Å²) in [6, 6.07) is 18.7. The topological polar surface area (TPSA) is 42.0 Å². The molecule has 2 saturated heterocycles. The van der Waals surface area contributed by atoms with E-state index < -0.39 is 0 Å². The molecule has 5 heteroatoms. The average molecular weight is 423 g/mol. The van der Waals surface area contributed by atoms with E-state index in [9.17, 15) is 4.79 Å². The summed E-state index contributed by atoms with van der Waals surface area (Å²) in [5.41, 5.74) is 2.83. The Kier molecular flexibility index (Phi) is 6.93. The van der Waals surface area contributed by atoms with E-state index in [0.717, 1.165) is 64.2 Å². The normalized spacial score (nSPS) is 21.7. The van der Waals surface area contributed by atoms with Crippen molar-refractivity contribution in [3.63, 3.8) is 0 Å². The molecular weight excluding hydrogens is 388 g/mol. The molecule has 2 aromatic rings. The minimum atomic E-state index is -0.165. The van der Waals surface area contributed by atoms with Gasteiger partial charge in [0.25, 0.3) is 0 Å². The lowest BCUT2D eigenvalue weighted by Gasteiger charge is -2.49. The fourth-order valence-corrected chi connectivity index (χ4v) is 5.18. The van der Waals surface area contributed by atoms with Crippen LogP contribution in [-0.2, 0) is 22.6 Å². The monoisotopic (exact) mass is 422 g/mol. The number of nitrogens with zero attached hydrogens (tertiary/aromatic N) is 2. The van der Waals surface area contributed by atoms with Gasteiger partial charge in [-0.25, -0.2) is 0 Å². The van der Waals surface area contributed by atoms with Crippen LogP contribution in [0.1, 0.15) is 36.8 Å². The Bertz CT molecular complexity index is 845. The number of carbonyl (C=O) groups excluding carboxylic acids is 1. The molecule has 0 aromatic heterocycles. The van der Waals surface area contributed by atoms with Gasteiger partial charge in [0.2, 0.25) is 0 Å². The molecule has 2 aliphatic rings. The van der Waals surface area contributed by atoms with Crippen molar-refractivity contribution < 1.29 is 14.3 Å². The highest BCUT2D eigenvalue weighted by Crippen LogP contribution is 2.44. The minimum absolute atomic E-state index is 0.0979. The van der Waals surface area contributed by atoms with Gasteiger partial charge in [-0.05, 0) is 74.0 Å². The van der Waals surface area contributed by atoms with Crippen molar-refractivity contribution in [2.75, 3.05) is 33.9 Å². The van der Waals surface area contributed by atoms with Crippen molar-refractivity contribution in [2.45, 2.75) is 44.8 Å². The molecular formula is C26H34N2O3. The smallest absolute Gasteiger partial charge is 0.323 e. The number of methoxy groups -OCH3 is 2. The number of rotatable bonds is 6. The lowest BCUT2D eigenvalue weighted by Crippen LogP contribution is -2.53. The van der Waals surface area contributed by atoms with Gasteiger partial charge < -0.3 is 9.47 Å². The van der Waals surface area contributed by atoms with Crippen molar-refractivity contribution in [3.05, 3.63) is 65.7 Å². The van der Waals surface area contributed by atoms with Crippen LogP contribution in [0.2, 0.25) is 0 Å². The first-order valence-corrected chi connectivity index (χ1v) is 11.3. The van der Waals surface area contributed by atoms with E-state index >= 15 is 0 Å². The van der Waals surface area contributed by atoms with E-state index in [1.807, 2.05) is 12.1 Å². The SMILES string of the molecule is COC(=O)[C@@H]1CC2(CCN(Cc3ccccc3)CC2)CCN1Cc1ccc(OC)cc1. The molecule has 0 amide bonds. The number of hydrogen-bond donors (Lipinski definition) is 0. The summed E-state index contributed by atoms with van der Waals surface area (Å²) in [6.45, 7) is 4.91. The molecule has 2 heterocycles. The molecule has 0 unspecified atom stereocenters. The zero-order valence-corrected chi connectivity index (χ0v) is 18.8. The largest absolute Gasteiger partial charge is 0.497 e. The molecule has 0 aliphatic carbocycles. The van der Waals surface area contributed by atoms with Crippen LogP contribution in [0.4, 0.5) is 0 Å². The molecule has 2 aliphatic heterocycles. The van der Waals surface area contributed by atoms with Gasteiger partial charge in [-0.15, -0.1) is 0 Å². The predicted octanol–water partition coefficient (Wildman–Crippen LogP) is 4.12. The van der Waals surface area contributed by atoms with Gasteiger partial charge in [0.05, 0.1) is 14.2 Å². The second-order valence-corrected chi connectivity index (χ2v) is 9.07. The van der Waals surface area contributed by atoms with E-state index in [1.54, 1.807) is 7.11 Å². The summed E-state index contributed by atoms with van der Waals surface area (Å²) in [7, 11) is 3.19. The standard InChI is InChI=1S/C26H34N2O3/c1-30-23-10-8-22(9-11-23)20-28-17-14-26(18-24(28)25(29)31-2)12-15-27(16-13-26)19-21-6-4-3-5-7-21/h3-11,24H,12-20H2,1-2H3/t24-/m0/s1. The van der Waals surface area contributed by atoms with Crippen LogP contribution >= 0.6 is 0 Å². The predicted molar refractivity (Wildman–Crippen MR) is 122 cm³/mol. The quantitative estimate of drug-likeness (QED) is 0.655. The molecule has 0 radical (unpaired) electrons. The first-order chi connectivity index (χ1) is 15.1. The van der Waals surface area contributed by atoms with Crippen LogP contribution in [0.15, 0.2) is 54.6 Å². The molecule has 2 aromatic carbocycles. The number of esters is 1. The summed E-state index contributed by atoms with van der Waals surface area (Å²) >= 11 is 0. The summed E-state index contributed by atoms with van der Waals surface area (Å²) < 4.78 is 10.5. The maximum absolute atomic E-state index is 12.7. The van der Waals surface area contributed by atoms with Crippen LogP contribution in [0.3, 0.4) is 0 Å². The third-order valence-corrected chi connectivity index (χ3v) is 7.18. The Hall–Kier alpha value is -2.37. The third-order valence-electron chi connectivity index (χ3n) is 7.18. The van der Waals surface area contributed by atoms with Gasteiger partial charge in [-0.1, -0.05) is 42.5 Å². The zero-order chi connectivity index (χ0) is 21.7. The van der Waals surface area contributed by atoms with Gasteiger partial charge in [0, 0.05) is 13.1 Å². The van der Waals surface area contributed by atoms with Crippen molar-refractivity contribution in [1.82, 2.24) is 9.80 Å². The molecule has 4 rings (SSSR count). The van der Waals surface area contributed by atoms with Gasteiger partial charge in [-0.3, -0.25) is 14.6 Å². The number of hydrogen-bond acceptors (Lipinski definition) is 5. The van der Waals surface area contributed by atoms with E-state index in [-0.39, 0.29) is 17.4 Å². The fourth-order valence-electron chi connectivity index (χ4n) is 5.18. The van der Waals surface area contributed by atoms with Crippen LogP contribution in [0.5, 0.6) is 5.75 Å². The first kappa shape index (κ1) is 21.8. The van der Waals surface area contributed by atoms with E-state index in [0.29, 0.717) is 0 Å². The molecule has 31 heavy (non-hydrogen) atoms. The van der Waals surface area contributed by atoms with Gasteiger partial charge in [0.1, 0.15) is 11.8 Å². The Balaban J connectivity index is 1.38. The second-order valence-electron chi connectivity index (χ2n) is 9.07. The van der Waals surface area contributed by atoms with E-state index in [4.69, 9.17) is 9.47 Å². The van der Waals surface area contributed by atoms with Crippen molar-refractivity contribution in [3.8, 4) is 5.75 Å². The highest BCUT2D eigenvalue weighted by atomic mass is 16.5. The Morgan fingerprint density at radius 3 is 2.19 bits per heavy atom. The summed E-state index contributed by atoms with van der Waals surface area (Å²) in [4.78, 5) is 17.6. The van der Waals surface area contributed by atoms with Crippen molar-refractivity contribution in [2.24, 2.45) is 5.41 Å². The lowest BCUT2D eigenvalue weighted by molar-refractivity contribution is -0.152. The maximum Gasteiger partial charge on any atom is 0.323 e. The highest BCUT2D eigenvalue weighted by Gasteiger charge is 2.44. The Labute approximate surface area is 185 Å². The summed E-state index contributed by atoms with van der Waals surface area (Å²) in [5, 5.41) is 0. The van der Waals surface area contributed by atoms with Crippen molar-refractivity contribution >= 4 is 5.97 Å². The minimum Gasteiger partial charge on any atom is -0.497 e. The lowest BCUT2D eigenvalue weighted by atomic mass is 9.68. The molecule has 0 bridgehead atoms. The van der Waals surface area contributed by atoms with Crippen LogP contribution in [0, 0.1) is 5.41 Å². The molecule has 2 fully saturated rings. The maximum atomic E-state index is 12.7. The van der Waals surface area contributed by atoms with Gasteiger partial charge >= 0.3 is 5.97 Å². The number of carbonyl (C=O) groups is 1. The second kappa shape index (κ2) is 9.84. The van der Waals surface area contributed by atoms with Crippen LogP contribution in [-0.4, -0.2) is 55.7 Å². The van der Waals surface area contributed by atoms with Gasteiger partial charge in [0.15, 0.2) is 0 Å². The first-order valence-electron chi connectivity index (χ1n) is 11.3. The summed E-state index contributed by atoms with van der Waals surface area (Å²) in [5.74, 6) is 0.757. The zero-order valence-electron chi connectivity index (χ0n) is 18.8. The highest BCUT2D eigenvalue weighted by molar-refractivity contribution is 5.76. The molecule has 0 N–H and O–H groups in total. The average Bonchev–Trinajstić information content (AvgIpc) is 2.82. The van der Waals surface area contributed by atoms with Crippen molar-refractivity contribution in [1.29, 1.82) is 0 Å². The fraction of sp³-hybridized carbons (Fsp3) is 0.500. The number of ether oxygens (including phenoxy) is 2. The molecule has 1 spiro atoms. The third kappa shape index (κ3) is 5.28. The molecule has 166 valence electrons. The molecule has 0 saturated carbocycles. The molecule has 1 atom stereocenters. The Morgan fingerprint density at radius 1 is 0.903 bits per heavy atom. The summed E-state index contributed by atoms with van der Waals surface area (Å²) in [6.07, 6.45) is 4.36. The van der Waals surface area contributed by atoms with E-state index in [1.165, 1.54) is 18.2 Å². The molecule has 5 nitrogen and oxygen atoms in total. The van der Waals surface area contributed by atoms with E-state index in [2.05, 4.69) is 52.3 Å². The van der Waals surface area contributed by atoms with Crippen LogP contribution in [0.25, 0.3) is 0 Å². The Morgan fingerprint density at radius 2 is 1.55 bits per heavy atom. The van der Waals surface area contributed by atoms with Crippen LogP contribution < -0.4 is 4.74 Å². The number of piperidine rings is 2. The van der Waals surface area contributed by atoms with Gasteiger partial charge in [-0.2, -0.15) is 0 Å². The number of benzene rings is 2. The number of likely N-dealkylation sites (tertiary alicyclic amines) is 2.